The fourth-order valence-electron chi connectivity index (χ4n) is 1.77. The van der Waals surface area contributed by atoms with Gasteiger partial charge in [0.1, 0.15) is 11.4 Å². The molecule has 0 saturated carbocycles. The fourth-order valence-corrected chi connectivity index (χ4v) is 2.30. The summed E-state index contributed by atoms with van der Waals surface area (Å²) in [5, 5.41) is 12.8. The van der Waals surface area contributed by atoms with Gasteiger partial charge in [0.25, 0.3) is 0 Å². The monoisotopic (exact) mass is 278 g/mol. The highest BCUT2D eigenvalue weighted by atomic mass is 35.5. The minimum Gasteiger partial charge on any atom is -0.312 e. The van der Waals surface area contributed by atoms with Crippen molar-refractivity contribution in [2.45, 2.75) is 13.0 Å². The molecule has 88 valence electrons. The molecule has 1 aliphatic heterocycles. The molecule has 3 rings (SSSR count). The molecule has 0 amide bonds. The van der Waals surface area contributed by atoms with E-state index in [1.807, 2.05) is 10.9 Å². The SMILES string of the molecule is Cl.Cl.c1nc(-c2n[nH]c3c2CNCC3)cs1. The third-order valence-corrected chi connectivity index (χ3v) is 3.07. The van der Waals surface area contributed by atoms with Crippen molar-refractivity contribution in [2.24, 2.45) is 0 Å². The lowest BCUT2D eigenvalue weighted by Crippen LogP contribution is -2.23. The second kappa shape index (κ2) is 5.63. The Kier molecular flexibility index (Phi) is 4.73. The molecule has 0 fully saturated rings. The molecule has 2 aromatic rings. The molecular formula is C9H12Cl2N4S. The molecule has 0 spiro atoms. The van der Waals surface area contributed by atoms with E-state index in [0.717, 1.165) is 30.9 Å². The van der Waals surface area contributed by atoms with Crippen LogP contribution in [-0.2, 0) is 13.0 Å². The number of fused-ring (bicyclic) bond motifs is 1. The topological polar surface area (TPSA) is 53.6 Å². The minimum absolute atomic E-state index is 0. The maximum absolute atomic E-state index is 4.32. The van der Waals surface area contributed by atoms with Crippen molar-refractivity contribution in [3.05, 3.63) is 22.1 Å². The number of aromatic amines is 1. The van der Waals surface area contributed by atoms with Crippen LogP contribution < -0.4 is 5.32 Å². The van der Waals surface area contributed by atoms with E-state index in [9.17, 15) is 0 Å². The number of halogens is 2. The van der Waals surface area contributed by atoms with Crippen LogP contribution in [0.1, 0.15) is 11.3 Å². The summed E-state index contributed by atoms with van der Waals surface area (Å²) in [5.41, 5.74) is 6.37. The van der Waals surface area contributed by atoms with Crippen molar-refractivity contribution < 1.29 is 0 Å². The fraction of sp³-hybridized carbons (Fsp3) is 0.333. The zero-order valence-electron chi connectivity index (χ0n) is 8.40. The Morgan fingerprint density at radius 2 is 2.19 bits per heavy atom. The molecule has 4 nitrogen and oxygen atoms in total. The Labute approximate surface area is 110 Å². The van der Waals surface area contributed by atoms with Gasteiger partial charge in [0.2, 0.25) is 0 Å². The Morgan fingerprint density at radius 1 is 1.31 bits per heavy atom. The normalized spacial score (nSPS) is 13.5. The van der Waals surface area contributed by atoms with Gasteiger partial charge in [0.05, 0.1) is 5.51 Å². The van der Waals surface area contributed by atoms with Crippen LogP contribution in [0.25, 0.3) is 11.4 Å². The number of hydrogen-bond donors (Lipinski definition) is 2. The van der Waals surface area contributed by atoms with Crippen LogP contribution in [-0.4, -0.2) is 21.7 Å². The number of nitrogens with one attached hydrogen (secondary N) is 2. The first-order chi connectivity index (χ1) is 6.95. The summed E-state index contributed by atoms with van der Waals surface area (Å²) in [6.45, 7) is 1.93. The minimum atomic E-state index is 0. The predicted molar refractivity (Wildman–Crippen MR) is 69.6 cm³/mol. The number of aromatic nitrogens is 3. The molecule has 7 heteroatoms. The molecule has 0 unspecified atom stereocenters. The lowest BCUT2D eigenvalue weighted by Gasteiger charge is -2.12. The van der Waals surface area contributed by atoms with Crippen LogP contribution in [0, 0.1) is 0 Å². The quantitative estimate of drug-likeness (QED) is 0.839. The van der Waals surface area contributed by atoms with E-state index < -0.39 is 0 Å². The van der Waals surface area contributed by atoms with Crippen LogP contribution in [0.15, 0.2) is 10.9 Å². The Hall–Kier alpha value is -0.620. The summed E-state index contributed by atoms with van der Waals surface area (Å²) < 4.78 is 0. The van der Waals surface area contributed by atoms with Gasteiger partial charge in [-0.05, 0) is 0 Å². The van der Waals surface area contributed by atoms with Crippen molar-refractivity contribution in [3.8, 4) is 11.4 Å². The van der Waals surface area contributed by atoms with Crippen LogP contribution in [0.2, 0.25) is 0 Å². The van der Waals surface area contributed by atoms with Gasteiger partial charge in [0, 0.05) is 36.1 Å². The molecule has 0 aromatic carbocycles. The van der Waals surface area contributed by atoms with Gasteiger partial charge in [-0.3, -0.25) is 5.10 Å². The van der Waals surface area contributed by atoms with Gasteiger partial charge < -0.3 is 5.32 Å². The predicted octanol–water partition coefficient (Wildman–Crippen LogP) is 2.02. The number of thiazole rings is 1. The summed E-state index contributed by atoms with van der Waals surface area (Å²) in [5.74, 6) is 0. The van der Waals surface area contributed by atoms with E-state index in [0.29, 0.717) is 0 Å². The van der Waals surface area contributed by atoms with Crippen molar-refractivity contribution >= 4 is 36.2 Å². The first-order valence-corrected chi connectivity index (χ1v) is 5.55. The van der Waals surface area contributed by atoms with Gasteiger partial charge in [0.15, 0.2) is 0 Å². The second-order valence-electron chi connectivity index (χ2n) is 3.33. The molecular weight excluding hydrogens is 267 g/mol. The smallest absolute Gasteiger partial charge is 0.116 e. The van der Waals surface area contributed by atoms with Crippen molar-refractivity contribution in [1.29, 1.82) is 0 Å². The van der Waals surface area contributed by atoms with E-state index in [2.05, 4.69) is 20.5 Å². The van der Waals surface area contributed by atoms with Gasteiger partial charge in [-0.2, -0.15) is 5.10 Å². The molecule has 0 radical (unpaired) electrons. The zero-order chi connectivity index (χ0) is 9.38. The van der Waals surface area contributed by atoms with Crippen LogP contribution >= 0.6 is 36.2 Å². The van der Waals surface area contributed by atoms with E-state index in [-0.39, 0.29) is 24.8 Å². The third kappa shape index (κ3) is 2.22. The molecule has 2 N–H and O–H groups in total. The lowest BCUT2D eigenvalue weighted by molar-refractivity contribution is 0.637. The van der Waals surface area contributed by atoms with E-state index in [1.165, 1.54) is 11.3 Å². The Bertz CT molecular complexity index is 440. The first-order valence-electron chi connectivity index (χ1n) is 4.60. The molecule has 0 saturated heterocycles. The molecule has 0 bridgehead atoms. The maximum atomic E-state index is 4.32. The van der Waals surface area contributed by atoms with Crippen molar-refractivity contribution in [3.63, 3.8) is 0 Å². The van der Waals surface area contributed by atoms with Gasteiger partial charge in [-0.25, -0.2) is 4.98 Å². The van der Waals surface area contributed by atoms with E-state index >= 15 is 0 Å². The second-order valence-corrected chi connectivity index (χ2v) is 4.05. The molecule has 3 heterocycles. The van der Waals surface area contributed by atoms with E-state index in [4.69, 9.17) is 0 Å². The van der Waals surface area contributed by atoms with Crippen molar-refractivity contribution in [1.82, 2.24) is 20.5 Å². The van der Waals surface area contributed by atoms with E-state index in [1.54, 1.807) is 11.3 Å². The molecule has 2 aromatic heterocycles. The highest BCUT2D eigenvalue weighted by Gasteiger charge is 2.18. The average molecular weight is 279 g/mol. The van der Waals surface area contributed by atoms with Gasteiger partial charge >= 0.3 is 0 Å². The summed E-state index contributed by atoms with van der Waals surface area (Å²) in [6, 6.07) is 0. The van der Waals surface area contributed by atoms with Gasteiger partial charge in [-0.1, -0.05) is 0 Å². The summed E-state index contributed by atoms with van der Waals surface area (Å²) in [6.07, 6.45) is 1.03. The summed E-state index contributed by atoms with van der Waals surface area (Å²) in [7, 11) is 0. The zero-order valence-corrected chi connectivity index (χ0v) is 10.8. The number of rotatable bonds is 1. The lowest BCUT2D eigenvalue weighted by atomic mass is 10.1. The summed E-state index contributed by atoms with van der Waals surface area (Å²) >= 11 is 1.60. The van der Waals surface area contributed by atoms with Crippen LogP contribution in [0.5, 0.6) is 0 Å². The van der Waals surface area contributed by atoms with Crippen LogP contribution in [0.4, 0.5) is 0 Å². The number of hydrogen-bond acceptors (Lipinski definition) is 4. The number of H-pyrrole nitrogens is 1. The molecule has 16 heavy (non-hydrogen) atoms. The Balaban J connectivity index is 0.000000640. The standard InChI is InChI=1S/C9H10N4S.2ClH/c1-2-10-3-6-7(1)12-13-9(6)8-4-14-5-11-8;;/h4-5,10H,1-3H2,(H,12,13);2*1H. The third-order valence-electron chi connectivity index (χ3n) is 2.48. The highest BCUT2D eigenvalue weighted by molar-refractivity contribution is 7.07. The first kappa shape index (κ1) is 13.4. The highest BCUT2D eigenvalue weighted by Crippen LogP contribution is 2.25. The summed E-state index contributed by atoms with van der Waals surface area (Å²) in [4.78, 5) is 4.28. The largest absolute Gasteiger partial charge is 0.312 e. The number of nitrogens with zero attached hydrogens (tertiary/aromatic N) is 2. The Morgan fingerprint density at radius 3 is 2.94 bits per heavy atom. The van der Waals surface area contributed by atoms with Crippen molar-refractivity contribution in [2.75, 3.05) is 6.54 Å². The maximum Gasteiger partial charge on any atom is 0.116 e. The molecule has 1 aliphatic rings. The molecule has 0 atom stereocenters. The van der Waals surface area contributed by atoms with Crippen LogP contribution in [0.3, 0.4) is 0 Å². The molecule has 0 aliphatic carbocycles. The average Bonchev–Trinajstić information content (AvgIpc) is 2.85. The van der Waals surface area contributed by atoms with Gasteiger partial charge in [-0.15, -0.1) is 36.2 Å².